The third-order valence-electron chi connectivity index (χ3n) is 5.32. The molecule has 0 bridgehead atoms. The number of hydrogen-bond acceptors (Lipinski definition) is 7. The molecule has 2 aromatic heterocycles. The van der Waals surface area contributed by atoms with E-state index in [2.05, 4.69) is 5.32 Å². The van der Waals surface area contributed by atoms with E-state index >= 15 is 0 Å². The van der Waals surface area contributed by atoms with E-state index < -0.39 is 0 Å². The zero-order valence-corrected chi connectivity index (χ0v) is 21.1. The highest BCUT2D eigenvalue weighted by atomic mass is 32.2. The molecule has 34 heavy (non-hydrogen) atoms. The summed E-state index contributed by atoms with van der Waals surface area (Å²) in [5.41, 5.74) is 2.53. The van der Waals surface area contributed by atoms with E-state index in [4.69, 9.17) is 21.9 Å². The summed E-state index contributed by atoms with van der Waals surface area (Å²) in [6.07, 6.45) is 3.36. The van der Waals surface area contributed by atoms with E-state index in [1.54, 1.807) is 30.3 Å². The van der Waals surface area contributed by atoms with Gasteiger partial charge in [-0.05, 0) is 48.2 Å². The quantitative estimate of drug-likeness (QED) is 0.383. The van der Waals surface area contributed by atoms with Gasteiger partial charge in [0.1, 0.15) is 21.5 Å². The second kappa shape index (κ2) is 9.99. The number of aromatic nitrogens is 2. The normalized spacial score (nSPS) is 15.1. The number of ether oxygens (including phenoxy) is 1. The maximum Gasteiger partial charge on any atom is 0.267 e. The molecular weight excluding hydrogens is 468 g/mol. The van der Waals surface area contributed by atoms with Crippen molar-refractivity contribution >= 4 is 51.7 Å². The van der Waals surface area contributed by atoms with Crippen molar-refractivity contribution in [3.8, 4) is 5.75 Å². The summed E-state index contributed by atoms with van der Waals surface area (Å²) < 4.78 is 7.23. The molecule has 1 saturated heterocycles. The van der Waals surface area contributed by atoms with Crippen LogP contribution in [-0.2, 0) is 11.3 Å². The average Bonchev–Trinajstić information content (AvgIpc) is 3.07. The van der Waals surface area contributed by atoms with Crippen LogP contribution < -0.4 is 15.6 Å². The van der Waals surface area contributed by atoms with E-state index in [0.717, 1.165) is 16.9 Å². The third-order valence-corrected chi connectivity index (χ3v) is 6.70. The van der Waals surface area contributed by atoms with Gasteiger partial charge in [-0.3, -0.25) is 18.9 Å². The third kappa shape index (κ3) is 5.00. The molecule has 1 fully saturated rings. The molecule has 1 aliphatic heterocycles. The minimum absolute atomic E-state index is 0.182. The number of thioether (sulfide) groups is 1. The van der Waals surface area contributed by atoms with Crippen LogP contribution in [0.3, 0.4) is 0 Å². The number of fused-ring (bicyclic) bond motifs is 1. The van der Waals surface area contributed by atoms with Crippen molar-refractivity contribution in [2.75, 3.05) is 19.0 Å². The SMILES string of the molecule is COc1ccc(CNc2nc3ccc(C)cn3c(=O)c2C=C2SC(=S)N(CC(C)C)C2=O)cc1. The molecule has 0 atom stereocenters. The van der Waals surface area contributed by atoms with E-state index in [9.17, 15) is 9.59 Å². The van der Waals surface area contributed by atoms with E-state index in [1.165, 1.54) is 16.2 Å². The number of methoxy groups -OCH3 is 1. The minimum Gasteiger partial charge on any atom is -0.497 e. The number of aryl methyl sites for hydroxylation is 1. The Balaban J connectivity index is 1.75. The maximum atomic E-state index is 13.5. The minimum atomic E-state index is -0.250. The molecule has 0 radical (unpaired) electrons. The summed E-state index contributed by atoms with van der Waals surface area (Å²) in [7, 11) is 1.62. The Bertz CT molecular complexity index is 1350. The van der Waals surface area contributed by atoms with Crippen molar-refractivity contribution in [3.05, 3.63) is 74.5 Å². The molecule has 1 N–H and O–H groups in total. The smallest absolute Gasteiger partial charge is 0.267 e. The van der Waals surface area contributed by atoms with Gasteiger partial charge in [-0.25, -0.2) is 4.98 Å². The molecule has 0 aliphatic carbocycles. The van der Waals surface area contributed by atoms with Crippen molar-refractivity contribution in [1.82, 2.24) is 14.3 Å². The number of anilines is 1. The molecule has 3 aromatic rings. The van der Waals surface area contributed by atoms with E-state index in [-0.39, 0.29) is 17.4 Å². The monoisotopic (exact) mass is 494 g/mol. The van der Waals surface area contributed by atoms with Crippen molar-refractivity contribution in [2.45, 2.75) is 27.3 Å². The Labute approximate surface area is 207 Å². The lowest BCUT2D eigenvalue weighted by atomic mass is 10.2. The van der Waals surface area contributed by atoms with Gasteiger partial charge in [0.25, 0.3) is 11.5 Å². The molecule has 0 unspecified atom stereocenters. The number of thiocarbonyl (C=S) groups is 1. The molecule has 4 rings (SSSR count). The maximum absolute atomic E-state index is 13.5. The van der Waals surface area contributed by atoms with Gasteiger partial charge < -0.3 is 10.1 Å². The van der Waals surface area contributed by atoms with Crippen LogP contribution in [0.2, 0.25) is 0 Å². The number of rotatable bonds is 7. The molecule has 0 saturated carbocycles. The number of nitrogens with zero attached hydrogens (tertiary/aromatic N) is 3. The van der Waals surface area contributed by atoms with Gasteiger partial charge >= 0.3 is 0 Å². The molecule has 1 amide bonds. The molecule has 9 heteroatoms. The largest absolute Gasteiger partial charge is 0.497 e. The topological polar surface area (TPSA) is 75.9 Å². The number of amides is 1. The first-order valence-corrected chi connectivity index (χ1v) is 12.1. The fraction of sp³-hybridized carbons (Fsp3) is 0.280. The standard InChI is InChI=1S/C25H26N4O3S2/c1-15(2)13-29-24(31)20(34-25(29)33)11-19-22(26-12-17-6-8-18(32-4)9-7-17)27-21-10-5-16(3)14-28(21)23(19)30/h5-11,14-15,26H,12-13H2,1-4H3. The van der Waals surface area contributed by atoms with Crippen LogP contribution in [0.5, 0.6) is 5.75 Å². The van der Waals surface area contributed by atoms with Crippen LogP contribution in [0.1, 0.15) is 30.5 Å². The van der Waals surface area contributed by atoms with Gasteiger partial charge in [0.15, 0.2) is 0 Å². The van der Waals surface area contributed by atoms with Gasteiger partial charge in [-0.2, -0.15) is 0 Å². The lowest BCUT2D eigenvalue weighted by Crippen LogP contribution is -2.31. The number of carbonyl (C=O) groups excluding carboxylic acids is 1. The van der Waals surface area contributed by atoms with Gasteiger partial charge in [-0.15, -0.1) is 0 Å². The van der Waals surface area contributed by atoms with Crippen molar-refractivity contribution < 1.29 is 9.53 Å². The van der Waals surface area contributed by atoms with Crippen LogP contribution in [0, 0.1) is 12.8 Å². The lowest BCUT2D eigenvalue weighted by molar-refractivity contribution is -0.122. The Morgan fingerprint density at radius 3 is 2.59 bits per heavy atom. The first kappa shape index (κ1) is 24.0. The van der Waals surface area contributed by atoms with Crippen molar-refractivity contribution in [2.24, 2.45) is 5.92 Å². The summed E-state index contributed by atoms with van der Waals surface area (Å²) in [4.78, 5) is 33.2. The number of pyridine rings is 1. The van der Waals surface area contributed by atoms with Crippen LogP contribution in [0.25, 0.3) is 11.7 Å². The van der Waals surface area contributed by atoms with Crippen molar-refractivity contribution in [1.29, 1.82) is 0 Å². The van der Waals surface area contributed by atoms with Crippen LogP contribution in [-0.4, -0.2) is 38.2 Å². The zero-order chi connectivity index (χ0) is 24.4. The summed E-state index contributed by atoms with van der Waals surface area (Å²) in [6.45, 7) is 6.97. The summed E-state index contributed by atoms with van der Waals surface area (Å²) in [6, 6.07) is 11.4. The Morgan fingerprint density at radius 1 is 1.18 bits per heavy atom. The van der Waals surface area contributed by atoms with Crippen LogP contribution >= 0.6 is 24.0 Å². The summed E-state index contributed by atoms with van der Waals surface area (Å²) >= 11 is 6.64. The van der Waals surface area contributed by atoms with Gasteiger partial charge in [0.05, 0.1) is 17.6 Å². The Morgan fingerprint density at radius 2 is 1.91 bits per heavy atom. The molecule has 3 heterocycles. The number of nitrogens with one attached hydrogen (secondary N) is 1. The predicted molar refractivity (Wildman–Crippen MR) is 141 cm³/mol. The summed E-state index contributed by atoms with van der Waals surface area (Å²) in [5, 5.41) is 3.28. The van der Waals surface area contributed by atoms with Crippen molar-refractivity contribution in [3.63, 3.8) is 0 Å². The second-order valence-electron chi connectivity index (χ2n) is 8.50. The van der Waals surface area contributed by atoms with E-state index in [1.807, 2.05) is 51.1 Å². The van der Waals surface area contributed by atoms with Gasteiger partial charge in [0.2, 0.25) is 0 Å². The summed E-state index contributed by atoms with van der Waals surface area (Å²) in [5.74, 6) is 1.28. The molecule has 7 nitrogen and oxygen atoms in total. The Kier molecular flexibility index (Phi) is 7.04. The molecule has 0 spiro atoms. The first-order chi connectivity index (χ1) is 16.3. The number of hydrogen-bond donors (Lipinski definition) is 1. The van der Waals surface area contributed by atoms with E-state index in [0.29, 0.717) is 39.3 Å². The number of benzene rings is 1. The first-order valence-electron chi connectivity index (χ1n) is 10.9. The highest BCUT2D eigenvalue weighted by Gasteiger charge is 2.32. The fourth-order valence-corrected chi connectivity index (χ4v) is 4.86. The Hall–Kier alpha value is -3.17. The second-order valence-corrected chi connectivity index (χ2v) is 10.2. The van der Waals surface area contributed by atoms with Gasteiger partial charge in [0, 0.05) is 19.3 Å². The predicted octanol–water partition coefficient (Wildman–Crippen LogP) is 4.48. The molecule has 1 aliphatic rings. The highest BCUT2D eigenvalue weighted by molar-refractivity contribution is 8.26. The lowest BCUT2D eigenvalue weighted by Gasteiger charge is -2.16. The van der Waals surface area contributed by atoms with Gasteiger partial charge in [-0.1, -0.05) is 56.0 Å². The average molecular weight is 495 g/mol. The molecular formula is C25H26N4O3S2. The fourth-order valence-electron chi connectivity index (χ4n) is 3.61. The van der Waals surface area contributed by atoms with Crippen LogP contribution in [0.4, 0.5) is 5.82 Å². The molecule has 176 valence electrons. The van der Waals surface area contributed by atoms with Crippen LogP contribution in [0.15, 0.2) is 52.3 Å². The molecule has 1 aromatic carbocycles. The number of carbonyl (C=O) groups is 1. The zero-order valence-electron chi connectivity index (χ0n) is 19.5. The highest BCUT2D eigenvalue weighted by Crippen LogP contribution is 2.33.